The van der Waals surface area contributed by atoms with E-state index >= 15 is 0 Å². The largest absolute Gasteiger partial charge is 0.489 e. The Morgan fingerprint density at radius 2 is 1.48 bits per heavy atom. The lowest BCUT2D eigenvalue weighted by molar-refractivity contribution is -0.121. The van der Waals surface area contributed by atoms with Crippen molar-refractivity contribution in [2.75, 3.05) is 10.9 Å². The van der Waals surface area contributed by atoms with Gasteiger partial charge in [-0.3, -0.25) is 10.1 Å². The molecule has 0 atom stereocenters. The maximum Gasteiger partial charge on any atom is 0.338 e. The average Bonchev–Trinajstić information content (AvgIpc) is 2.77. The number of hydrogen-bond donors (Lipinski definition) is 2. The van der Waals surface area contributed by atoms with E-state index in [1.165, 1.54) is 0 Å². The molecule has 0 aliphatic carbocycles. The molecule has 7 heteroatoms. The van der Waals surface area contributed by atoms with Crippen molar-refractivity contribution in [2.24, 2.45) is 0 Å². The van der Waals surface area contributed by atoms with Crippen LogP contribution in [0.3, 0.4) is 0 Å². The van der Waals surface area contributed by atoms with Crippen molar-refractivity contribution in [1.29, 1.82) is 0 Å². The van der Waals surface area contributed by atoms with Crippen LogP contribution in [-0.4, -0.2) is 18.5 Å². The third-order valence-corrected chi connectivity index (χ3v) is 4.27. The molecule has 3 aromatic carbocycles. The molecule has 0 bridgehead atoms. The van der Waals surface area contributed by atoms with Gasteiger partial charge in [0.15, 0.2) is 6.61 Å². The molecule has 0 spiro atoms. The van der Waals surface area contributed by atoms with E-state index in [0.29, 0.717) is 23.8 Å². The summed E-state index contributed by atoms with van der Waals surface area (Å²) in [6.07, 6.45) is 0. The number of nitrogens with zero attached hydrogens (tertiary/aromatic N) is 1. The SMILES string of the molecule is O=C(COc1ccccc1)NC(=O)N(S)c1cccc(OCc2ccccc2)c1. The van der Waals surface area contributed by atoms with Crippen LogP contribution in [0.2, 0.25) is 0 Å². The first kappa shape index (κ1) is 20.3. The molecule has 148 valence electrons. The normalized spacial score (nSPS) is 10.1. The summed E-state index contributed by atoms with van der Waals surface area (Å²) in [6.45, 7) is 0.121. The van der Waals surface area contributed by atoms with Gasteiger partial charge in [0.2, 0.25) is 0 Å². The van der Waals surface area contributed by atoms with Gasteiger partial charge in [0.05, 0.1) is 5.69 Å². The van der Waals surface area contributed by atoms with E-state index in [4.69, 9.17) is 9.47 Å². The molecule has 1 N–H and O–H groups in total. The van der Waals surface area contributed by atoms with Gasteiger partial charge in [-0.1, -0.05) is 67.4 Å². The van der Waals surface area contributed by atoms with E-state index in [2.05, 4.69) is 18.1 Å². The van der Waals surface area contributed by atoms with Gasteiger partial charge < -0.3 is 9.47 Å². The fraction of sp³-hybridized carbons (Fsp3) is 0.0909. The Kier molecular flexibility index (Phi) is 7.13. The molecular formula is C22H20N2O4S. The lowest BCUT2D eigenvalue weighted by Crippen LogP contribution is -2.40. The standard InChI is InChI=1S/C22H20N2O4S/c25-21(16-28-19-11-5-2-6-12-19)23-22(26)24(29)18-10-7-13-20(14-18)27-15-17-8-3-1-4-9-17/h1-14,29H,15-16H2,(H,23,25,26). The van der Waals surface area contributed by atoms with Gasteiger partial charge in [0.25, 0.3) is 5.91 Å². The van der Waals surface area contributed by atoms with Crippen LogP contribution < -0.4 is 19.1 Å². The Hall–Kier alpha value is -3.45. The number of hydrogen-bond acceptors (Lipinski definition) is 5. The van der Waals surface area contributed by atoms with E-state index in [1.54, 1.807) is 48.5 Å². The van der Waals surface area contributed by atoms with Crippen molar-refractivity contribution >= 4 is 30.4 Å². The maximum absolute atomic E-state index is 12.3. The van der Waals surface area contributed by atoms with Crippen LogP contribution >= 0.6 is 12.8 Å². The Labute approximate surface area is 174 Å². The number of nitrogens with one attached hydrogen (secondary N) is 1. The van der Waals surface area contributed by atoms with Crippen molar-refractivity contribution in [3.63, 3.8) is 0 Å². The van der Waals surface area contributed by atoms with E-state index < -0.39 is 11.9 Å². The van der Waals surface area contributed by atoms with Gasteiger partial charge in [-0.05, 0) is 29.8 Å². The number of thiol groups is 1. The molecule has 3 rings (SSSR count). The zero-order valence-corrected chi connectivity index (χ0v) is 16.4. The average molecular weight is 408 g/mol. The number of para-hydroxylation sites is 1. The number of urea groups is 1. The Bertz CT molecular complexity index is 951. The summed E-state index contributed by atoms with van der Waals surface area (Å²) >= 11 is 4.19. The van der Waals surface area contributed by atoms with Gasteiger partial charge in [0, 0.05) is 6.07 Å². The fourth-order valence-corrected chi connectivity index (χ4v) is 2.61. The minimum absolute atomic E-state index is 0.280. The number of anilines is 1. The molecule has 3 aromatic rings. The number of carbonyl (C=O) groups is 2. The van der Waals surface area contributed by atoms with Crippen molar-refractivity contribution in [1.82, 2.24) is 5.32 Å². The first-order valence-corrected chi connectivity index (χ1v) is 9.29. The molecule has 0 saturated carbocycles. The first-order chi connectivity index (χ1) is 14.1. The second-order valence-electron chi connectivity index (χ2n) is 6.04. The smallest absolute Gasteiger partial charge is 0.338 e. The van der Waals surface area contributed by atoms with Crippen LogP contribution in [0.5, 0.6) is 11.5 Å². The molecule has 0 aliphatic rings. The highest BCUT2D eigenvalue weighted by atomic mass is 32.1. The van der Waals surface area contributed by atoms with Crippen molar-refractivity contribution in [3.8, 4) is 11.5 Å². The number of amides is 3. The first-order valence-electron chi connectivity index (χ1n) is 8.89. The zero-order chi connectivity index (χ0) is 20.5. The second kappa shape index (κ2) is 10.2. The maximum atomic E-state index is 12.3. The van der Waals surface area contributed by atoms with Gasteiger partial charge >= 0.3 is 6.03 Å². The zero-order valence-electron chi connectivity index (χ0n) is 15.5. The van der Waals surface area contributed by atoms with Crippen molar-refractivity contribution in [3.05, 3.63) is 90.5 Å². The van der Waals surface area contributed by atoms with E-state index in [1.807, 2.05) is 36.4 Å². The highest BCUT2D eigenvalue weighted by Gasteiger charge is 2.16. The van der Waals surface area contributed by atoms with Crippen LogP contribution in [0.1, 0.15) is 5.56 Å². The summed E-state index contributed by atoms with van der Waals surface area (Å²) in [5.74, 6) is 0.549. The van der Waals surface area contributed by atoms with Gasteiger partial charge in [-0.25, -0.2) is 9.10 Å². The van der Waals surface area contributed by atoms with Crippen LogP contribution in [0, 0.1) is 0 Å². The van der Waals surface area contributed by atoms with Gasteiger partial charge in [-0.15, -0.1) is 0 Å². The molecule has 6 nitrogen and oxygen atoms in total. The van der Waals surface area contributed by atoms with E-state index in [9.17, 15) is 9.59 Å². The summed E-state index contributed by atoms with van der Waals surface area (Å²) < 4.78 is 12.1. The number of rotatable bonds is 7. The van der Waals surface area contributed by atoms with Crippen molar-refractivity contribution in [2.45, 2.75) is 6.61 Å². The molecule has 3 amide bonds. The second-order valence-corrected chi connectivity index (χ2v) is 6.44. The molecule has 29 heavy (non-hydrogen) atoms. The quantitative estimate of drug-likeness (QED) is 0.574. The Balaban J connectivity index is 1.52. The topological polar surface area (TPSA) is 67.9 Å². The number of benzene rings is 3. The predicted molar refractivity (Wildman–Crippen MR) is 114 cm³/mol. The van der Waals surface area contributed by atoms with Crippen LogP contribution in [0.4, 0.5) is 10.5 Å². The molecule has 0 radical (unpaired) electrons. The fourth-order valence-electron chi connectivity index (χ4n) is 2.44. The molecule has 0 saturated heterocycles. The minimum atomic E-state index is -0.685. The van der Waals surface area contributed by atoms with Gasteiger partial charge in [-0.2, -0.15) is 0 Å². The van der Waals surface area contributed by atoms with Crippen molar-refractivity contribution < 1.29 is 19.1 Å². The number of carbonyl (C=O) groups excluding carboxylic acids is 2. The van der Waals surface area contributed by atoms with Crippen LogP contribution in [-0.2, 0) is 11.4 Å². The van der Waals surface area contributed by atoms with Gasteiger partial charge in [0.1, 0.15) is 18.1 Å². The number of ether oxygens (including phenoxy) is 2. The third-order valence-electron chi connectivity index (χ3n) is 3.86. The summed E-state index contributed by atoms with van der Waals surface area (Å²) in [5.41, 5.74) is 1.50. The third kappa shape index (κ3) is 6.29. The summed E-state index contributed by atoms with van der Waals surface area (Å²) in [5, 5.41) is 2.23. The molecule has 0 fully saturated rings. The highest BCUT2D eigenvalue weighted by Crippen LogP contribution is 2.23. The lowest BCUT2D eigenvalue weighted by Gasteiger charge is -2.17. The number of imide groups is 1. The van der Waals surface area contributed by atoms with Crippen LogP contribution in [0.25, 0.3) is 0 Å². The molecule has 0 heterocycles. The Morgan fingerprint density at radius 1 is 0.828 bits per heavy atom. The predicted octanol–water partition coefficient (Wildman–Crippen LogP) is 4.23. The monoisotopic (exact) mass is 408 g/mol. The summed E-state index contributed by atoms with van der Waals surface area (Å²) in [4.78, 5) is 24.2. The molecule has 0 aromatic heterocycles. The highest BCUT2D eigenvalue weighted by molar-refractivity contribution is 7.82. The molecule has 0 aliphatic heterocycles. The Morgan fingerprint density at radius 3 is 2.21 bits per heavy atom. The van der Waals surface area contributed by atoms with Crippen LogP contribution in [0.15, 0.2) is 84.9 Å². The minimum Gasteiger partial charge on any atom is -0.489 e. The lowest BCUT2D eigenvalue weighted by atomic mass is 10.2. The molecular weight excluding hydrogens is 388 g/mol. The summed E-state index contributed by atoms with van der Waals surface area (Å²) in [6, 6.07) is 24.8. The summed E-state index contributed by atoms with van der Waals surface area (Å²) in [7, 11) is 0. The van der Waals surface area contributed by atoms with E-state index in [0.717, 1.165) is 9.87 Å². The van der Waals surface area contributed by atoms with E-state index in [-0.39, 0.29) is 6.61 Å². The molecule has 0 unspecified atom stereocenters.